The monoisotopic (exact) mass is 248 g/mol. The molecule has 0 saturated heterocycles. The van der Waals surface area contributed by atoms with E-state index in [0.29, 0.717) is 5.06 Å². The van der Waals surface area contributed by atoms with Crippen molar-refractivity contribution in [3.8, 4) is 0 Å². The molecule has 0 aliphatic carbocycles. The molecule has 1 aromatic rings. The molecule has 6 heteroatoms. The number of fused-ring (bicyclic) bond motifs is 1. The van der Waals surface area contributed by atoms with Gasteiger partial charge in [-0.15, -0.1) is 0 Å². The zero-order valence-electron chi connectivity index (χ0n) is 9.97. The van der Waals surface area contributed by atoms with Crippen LogP contribution < -0.4 is 5.73 Å². The lowest BCUT2D eigenvalue weighted by atomic mass is 10.1. The summed E-state index contributed by atoms with van der Waals surface area (Å²) in [6.07, 6.45) is 0. The molecule has 1 heterocycles. The van der Waals surface area contributed by atoms with Crippen molar-refractivity contribution in [3.63, 3.8) is 0 Å². The number of carbonyl (C=O) groups excluding carboxylic acids is 3. The first kappa shape index (κ1) is 12.3. The van der Waals surface area contributed by atoms with E-state index in [0.717, 1.165) is 0 Å². The van der Waals surface area contributed by atoms with Crippen LogP contribution >= 0.6 is 0 Å². The fraction of sp³-hybridized carbons (Fsp3) is 0.250. The highest BCUT2D eigenvalue weighted by molar-refractivity contribution is 6.20. The Hall–Kier alpha value is -2.21. The number of hydrogen-bond acceptors (Lipinski definition) is 5. The number of benzene rings is 1. The molecule has 0 unspecified atom stereocenters. The SMILES string of the molecule is CC(C)(N)C(=O)ON1C(=O)c2ccccc2C1=O. The molecule has 0 aromatic heterocycles. The van der Waals surface area contributed by atoms with E-state index in [4.69, 9.17) is 10.6 Å². The van der Waals surface area contributed by atoms with E-state index in [2.05, 4.69) is 0 Å². The maximum atomic E-state index is 11.9. The molecule has 0 spiro atoms. The van der Waals surface area contributed by atoms with Crippen molar-refractivity contribution < 1.29 is 19.2 Å². The van der Waals surface area contributed by atoms with Gasteiger partial charge in [0, 0.05) is 0 Å². The van der Waals surface area contributed by atoms with Gasteiger partial charge in [-0.05, 0) is 26.0 Å². The lowest BCUT2D eigenvalue weighted by Gasteiger charge is -2.19. The smallest absolute Gasteiger partial charge is 0.328 e. The number of hydrogen-bond donors (Lipinski definition) is 1. The zero-order chi connectivity index (χ0) is 13.5. The largest absolute Gasteiger partial charge is 0.352 e. The second-order valence-electron chi connectivity index (χ2n) is 4.55. The normalized spacial score (nSPS) is 14.7. The first-order valence-corrected chi connectivity index (χ1v) is 5.31. The van der Waals surface area contributed by atoms with Gasteiger partial charge >= 0.3 is 5.97 Å². The lowest BCUT2D eigenvalue weighted by molar-refractivity contribution is -0.173. The third kappa shape index (κ3) is 1.86. The van der Waals surface area contributed by atoms with Crippen LogP contribution in [0.4, 0.5) is 0 Å². The number of carbonyl (C=O) groups is 3. The third-order valence-corrected chi connectivity index (χ3v) is 2.46. The molecule has 0 atom stereocenters. The number of imide groups is 1. The van der Waals surface area contributed by atoms with Gasteiger partial charge in [0.25, 0.3) is 11.8 Å². The van der Waals surface area contributed by atoms with Gasteiger partial charge in [0.15, 0.2) is 0 Å². The Kier molecular flexibility index (Phi) is 2.67. The summed E-state index contributed by atoms with van der Waals surface area (Å²) in [5.74, 6) is -2.17. The summed E-state index contributed by atoms with van der Waals surface area (Å²) in [6.45, 7) is 2.85. The topological polar surface area (TPSA) is 89.7 Å². The van der Waals surface area contributed by atoms with E-state index in [1.165, 1.54) is 26.0 Å². The fourth-order valence-corrected chi connectivity index (χ4v) is 1.45. The van der Waals surface area contributed by atoms with Gasteiger partial charge in [0.1, 0.15) is 5.54 Å². The maximum absolute atomic E-state index is 11.9. The molecule has 0 fully saturated rings. The Morgan fingerprint density at radius 2 is 1.61 bits per heavy atom. The summed E-state index contributed by atoms with van der Waals surface area (Å²) in [4.78, 5) is 40.0. The molecule has 0 radical (unpaired) electrons. The van der Waals surface area contributed by atoms with Crippen molar-refractivity contribution >= 4 is 17.8 Å². The Bertz CT molecular complexity index is 510. The average Bonchev–Trinajstić information content (AvgIpc) is 2.54. The van der Waals surface area contributed by atoms with E-state index < -0.39 is 23.3 Å². The highest BCUT2D eigenvalue weighted by atomic mass is 16.7. The van der Waals surface area contributed by atoms with Crippen LogP contribution in [0.15, 0.2) is 24.3 Å². The molecule has 0 bridgehead atoms. The average molecular weight is 248 g/mol. The second kappa shape index (κ2) is 3.92. The van der Waals surface area contributed by atoms with Crippen LogP contribution in [0.1, 0.15) is 34.6 Å². The van der Waals surface area contributed by atoms with Crippen molar-refractivity contribution in [2.45, 2.75) is 19.4 Å². The number of rotatable bonds is 2. The Balaban J connectivity index is 2.27. The van der Waals surface area contributed by atoms with Crippen LogP contribution in [-0.4, -0.2) is 28.4 Å². The zero-order valence-corrected chi connectivity index (χ0v) is 9.97. The van der Waals surface area contributed by atoms with Crippen LogP contribution in [0, 0.1) is 0 Å². The van der Waals surface area contributed by atoms with Crippen LogP contribution in [0.2, 0.25) is 0 Å². The summed E-state index contributed by atoms with van der Waals surface area (Å²) in [5, 5.41) is 0.446. The van der Waals surface area contributed by atoms with Gasteiger partial charge in [-0.25, -0.2) is 4.79 Å². The highest BCUT2D eigenvalue weighted by Crippen LogP contribution is 2.23. The van der Waals surface area contributed by atoms with E-state index in [-0.39, 0.29) is 11.1 Å². The Morgan fingerprint density at radius 3 is 2.00 bits per heavy atom. The first-order chi connectivity index (χ1) is 8.32. The highest BCUT2D eigenvalue weighted by Gasteiger charge is 2.40. The van der Waals surface area contributed by atoms with Crippen molar-refractivity contribution in [1.82, 2.24) is 5.06 Å². The summed E-state index contributed by atoms with van der Waals surface area (Å²) in [5.41, 5.74) is 4.67. The van der Waals surface area contributed by atoms with Crippen LogP contribution in [-0.2, 0) is 9.63 Å². The molecule has 2 N–H and O–H groups in total. The second-order valence-corrected chi connectivity index (χ2v) is 4.55. The predicted molar refractivity (Wildman–Crippen MR) is 61.3 cm³/mol. The van der Waals surface area contributed by atoms with E-state index in [1.807, 2.05) is 0 Å². The Morgan fingerprint density at radius 1 is 1.17 bits per heavy atom. The van der Waals surface area contributed by atoms with Crippen molar-refractivity contribution in [3.05, 3.63) is 35.4 Å². The standard InChI is InChI=1S/C12H12N2O4/c1-12(2,13)11(17)18-14-9(15)7-5-3-4-6-8(7)10(14)16/h3-6H,13H2,1-2H3. The quantitative estimate of drug-likeness (QED) is 0.769. The lowest BCUT2D eigenvalue weighted by Crippen LogP contribution is -2.47. The molecule has 1 aliphatic heterocycles. The molecular weight excluding hydrogens is 236 g/mol. The van der Waals surface area contributed by atoms with Gasteiger partial charge in [0.2, 0.25) is 0 Å². The molecule has 0 saturated carbocycles. The summed E-state index contributed by atoms with van der Waals surface area (Å²) < 4.78 is 0. The number of amides is 2. The van der Waals surface area contributed by atoms with Crippen molar-refractivity contribution in [2.75, 3.05) is 0 Å². The summed E-state index contributed by atoms with van der Waals surface area (Å²) in [7, 11) is 0. The van der Waals surface area contributed by atoms with E-state index in [9.17, 15) is 14.4 Å². The first-order valence-electron chi connectivity index (χ1n) is 5.31. The van der Waals surface area contributed by atoms with Gasteiger partial charge in [-0.3, -0.25) is 9.59 Å². The minimum absolute atomic E-state index is 0.213. The summed E-state index contributed by atoms with van der Waals surface area (Å²) >= 11 is 0. The predicted octanol–water partition coefficient (Wildman–Crippen LogP) is 0.478. The molecular formula is C12H12N2O4. The third-order valence-electron chi connectivity index (χ3n) is 2.46. The van der Waals surface area contributed by atoms with Gasteiger partial charge in [-0.2, -0.15) is 0 Å². The molecule has 2 amide bonds. The molecule has 18 heavy (non-hydrogen) atoms. The van der Waals surface area contributed by atoms with Crippen LogP contribution in [0.3, 0.4) is 0 Å². The maximum Gasteiger partial charge on any atom is 0.352 e. The van der Waals surface area contributed by atoms with Gasteiger partial charge in [-0.1, -0.05) is 17.2 Å². The molecule has 1 aliphatic rings. The molecule has 2 rings (SSSR count). The summed E-state index contributed by atoms with van der Waals surface area (Å²) in [6, 6.07) is 6.25. The van der Waals surface area contributed by atoms with Crippen molar-refractivity contribution in [2.24, 2.45) is 5.73 Å². The molecule has 6 nitrogen and oxygen atoms in total. The Labute approximate surface area is 103 Å². The van der Waals surface area contributed by atoms with Crippen LogP contribution in [0.5, 0.6) is 0 Å². The number of nitrogens with two attached hydrogens (primary N) is 1. The van der Waals surface area contributed by atoms with E-state index in [1.54, 1.807) is 12.1 Å². The minimum atomic E-state index is -1.28. The number of hydroxylamine groups is 2. The molecule has 94 valence electrons. The van der Waals surface area contributed by atoms with Gasteiger partial charge in [0.05, 0.1) is 11.1 Å². The fourth-order valence-electron chi connectivity index (χ4n) is 1.45. The van der Waals surface area contributed by atoms with Gasteiger partial charge < -0.3 is 10.6 Å². The van der Waals surface area contributed by atoms with Crippen LogP contribution in [0.25, 0.3) is 0 Å². The minimum Gasteiger partial charge on any atom is -0.328 e. The number of nitrogens with zero attached hydrogens (tertiary/aromatic N) is 1. The molecule has 1 aromatic carbocycles. The van der Waals surface area contributed by atoms with E-state index >= 15 is 0 Å². The van der Waals surface area contributed by atoms with Crippen molar-refractivity contribution in [1.29, 1.82) is 0 Å².